The lowest BCUT2D eigenvalue weighted by atomic mass is 10.4. The van der Waals surface area contributed by atoms with E-state index in [2.05, 4.69) is 30.6 Å². The molecule has 0 unspecified atom stereocenters. The fourth-order valence-corrected chi connectivity index (χ4v) is 2.80. The normalized spacial score (nSPS) is 10.3. The van der Waals surface area contributed by atoms with Gasteiger partial charge in [0, 0.05) is 28.4 Å². The lowest BCUT2D eigenvalue weighted by Crippen LogP contribution is -1.85. The van der Waals surface area contributed by atoms with Crippen LogP contribution in [0.3, 0.4) is 0 Å². The predicted octanol–water partition coefficient (Wildman–Crippen LogP) is 3.07. The molecule has 0 fully saturated rings. The largest absolute Gasteiger partial charge is 0.363 e. The van der Waals surface area contributed by atoms with Gasteiger partial charge in [0.2, 0.25) is 5.13 Å². The van der Waals surface area contributed by atoms with Gasteiger partial charge in [-0.25, -0.2) is 0 Å². The fourth-order valence-electron chi connectivity index (χ4n) is 0.855. The summed E-state index contributed by atoms with van der Waals surface area (Å²) in [6.07, 6.45) is 0. The van der Waals surface area contributed by atoms with Crippen LogP contribution >= 0.6 is 38.8 Å². The van der Waals surface area contributed by atoms with Crippen molar-refractivity contribution in [1.29, 1.82) is 0 Å². The Labute approximate surface area is 92.1 Å². The quantitative estimate of drug-likeness (QED) is 0.916. The average Bonchev–Trinajstić information content (AvgIpc) is 2.71. The SMILES string of the molecule is CNc1nc(-c2cc(Br)cs2)ns1. The lowest BCUT2D eigenvalue weighted by Gasteiger charge is -1.86. The molecule has 0 bridgehead atoms. The Bertz CT molecular complexity index is 409. The Balaban J connectivity index is 2.35. The molecule has 0 radical (unpaired) electrons. The number of anilines is 1. The van der Waals surface area contributed by atoms with Crippen molar-refractivity contribution in [1.82, 2.24) is 9.36 Å². The van der Waals surface area contributed by atoms with E-state index in [1.807, 2.05) is 18.5 Å². The van der Waals surface area contributed by atoms with Gasteiger partial charge in [0.1, 0.15) is 0 Å². The molecular formula is C7H6BrN3S2. The Morgan fingerprint density at radius 1 is 1.54 bits per heavy atom. The van der Waals surface area contributed by atoms with Crippen LogP contribution in [-0.2, 0) is 0 Å². The Morgan fingerprint density at radius 3 is 2.92 bits per heavy atom. The van der Waals surface area contributed by atoms with Gasteiger partial charge in [-0.1, -0.05) is 0 Å². The van der Waals surface area contributed by atoms with E-state index in [1.54, 1.807) is 11.3 Å². The van der Waals surface area contributed by atoms with Crippen LogP contribution in [0.2, 0.25) is 0 Å². The highest BCUT2D eigenvalue weighted by molar-refractivity contribution is 9.10. The number of nitrogens with zero attached hydrogens (tertiary/aromatic N) is 2. The number of halogens is 1. The molecule has 2 aromatic rings. The first kappa shape index (κ1) is 9.11. The molecule has 0 saturated carbocycles. The molecular weight excluding hydrogens is 270 g/mol. The second-order valence-electron chi connectivity index (χ2n) is 2.30. The molecule has 6 heteroatoms. The Morgan fingerprint density at radius 2 is 2.38 bits per heavy atom. The van der Waals surface area contributed by atoms with Crippen molar-refractivity contribution < 1.29 is 0 Å². The van der Waals surface area contributed by atoms with Crippen molar-refractivity contribution in [2.75, 3.05) is 12.4 Å². The highest BCUT2D eigenvalue weighted by Gasteiger charge is 2.07. The Kier molecular flexibility index (Phi) is 2.61. The van der Waals surface area contributed by atoms with Crippen LogP contribution in [0.5, 0.6) is 0 Å². The van der Waals surface area contributed by atoms with E-state index in [4.69, 9.17) is 0 Å². The molecule has 68 valence electrons. The maximum Gasteiger partial charge on any atom is 0.202 e. The van der Waals surface area contributed by atoms with Crippen LogP contribution in [0.25, 0.3) is 10.7 Å². The van der Waals surface area contributed by atoms with Gasteiger partial charge in [0.05, 0.1) is 4.88 Å². The van der Waals surface area contributed by atoms with E-state index in [0.29, 0.717) is 0 Å². The summed E-state index contributed by atoms with van der Waals surface area (Å²) in [6, 6.07) is 2.02. The minimum Gasteiger partial charge on any atom is -0.363 e. The summed E-state index contributed by atoms with van der Waals surface area (Å²) in [5.74, 6) is 0.796. The third-order valence-electron chi connectivity index (χ3n) is 1.43. The number of aromatic nitrogens is 2. The van der Waals surface area contributed by atoms with Crippen LogP contribution in [0.15, 0.2) is 15.9 Å². The van der Waals surface area contributed by atoms with Gasteiger partial charge in [-0.2, -0.15) is 9.36 Å². The minimum absolute atomic E-state index is 0.796. The van der Waals surface area contributed by atoms with E-state index in [-0.39, 0.29) is 0 Å². The maximum atomic E-state index is 4.30. The molecule has 0 aromatic carbocycles. The number of rotatable bonds is 2. The van der Waals surface area contributed by atoms with Crippen LogP contribution < -0.4 is 5.32 Å². The third-order valence-corrected chi connectivity index (χ3v) is 3.85. The van der Waals surface area contributed by atoms with Gasteiger partial charge < -0.3 is 5.32 Å². The maximum absolute atomic E-state index is 4.30. The zero-order valence-electron chi connectivity index (χ0n) is 6.74. The second kappa shape index (κ2) is 3.73. The number of hydrogen-bond donors (Lipinski definition) is 1. The van der Waals surface area contributed by atoms with Crippen LogP contribution in [-0.4, -0.2) is 16.4 Å². The number of hydrogen-bond acceptors (Lipinski definition) is 5. The first-order chi connectivity index (χ1) is 6.29. The minimum atomic E-state index is 0.796. The second-order valence-corrected chi connectivity index (χ2v) is 4.88. The van der Waals surface area contributed by atoms with Gasteiger partial charge in [-0.15, -0.1) is 11.3 Å². The molecule has 2 heterocycles. The van der Waals surface area contributed by atoms with Gasteiger partial charge in [0.25, 0.3) is 0 Å². The first-order valence-corrected chi connectivity index (χ1v) is 6.00. The van der Waals surface area contributed by atoms with Crippen molar-refractivity contribution in [3.8, 4) is 10.7 Å². The molecule has 0 aliphatic heterocycles. The number of thiophene rings is 1. The van der Waals surface area contributed by atoms with Gasteiger partial charge in [0.15, 0.2) is 5.82 Å². The van der Waals surface area contributed by atoms with Crippen molar-refractivity contribution in [3.63, 3.8) is 0 Å². The zero-order valence-corrected chi connectivity index (χ0v) is 9.96. The molecule has 13 heavy (non-hydrogen) atoms. The van der Waals surface area contributed by atoms with Crippen LogP contribution in [0, 0.1) is 0 Å². The molecule has 1 N–H and O–H groups in total. The van der Waals surface area contributed by atoms with Gasteiger partial charge in [-0.3, -0.25) is 0 Å². The topological polar surface area (TPSA) is 37.8 Å². The smallest absolute Gasteiger partial charge is 0.202 e. The van der Waals surface area contributed by atoms with Crippen molar-refractivity contribution >= 4 is 43.9 Å². The molecule has 0 aliphatic rings. The zero-order chi connectivity index (χ0) is 9.26. The van der Waals surface area contributed by atoms with Crippen LogP contribution in [0.1, 0.15) is 0 Å². The molecule has 2 aromatic heterocycles. The van der Waals surface area contributed by atoms with E-state index in [0.717, 1.165) is 20.3 Å². The molecule has 0 amide bonds. The fraction of sp³-hybridized carbons (Fsp3) is 0.143. The predicted molar refractivity (Wildman–Crippen MR) is 60.5 cm³/mol. The summed E-state index contributed by atoms with van der Waals surface area (Å²) in [6.45, 7) is 0. The highest BCUT2D eigenvalue weighted by Crippen LogP contribution is 2.29. The van der Waals surface area contributed by atoms with Crippen LogP contribution in [0.4, 0.5) is 5.13 Å². The monoisotopic (exact) mass is 275 g/mol. The van der Waals surface area contributed by atoms with Gasteiger partial charge in [-0.05, 0) is 22.0 Å². The number of nitrogens with one attached hydrogen (secondary N) is 1. The summed E-state index contributed by atoms with van der Waals surface area (Å²) in [5.41, 5.74) is 0. The summed E-state index contributed by atoms with van der Waals surface area (Å²) >= 11 is 6.40. The standard InChI is InChI=1S/C7H6BrN3S2/c1-9-7-10-6(11-13-7)5-2-4(8)3-12-5/h2-3H,1H3,(H,9,10,11). The molecule has 0 spiro atoms. The van der Waals surface area contributed by atoms with Crippen molar-refractivity contribution in [2.24, 2.45) is 0 Å². The van der Waals surface area contributed by atoms with Gasteiger partial charge >= 0.3 is 0 Å². The first-order valence-electron chi connectivity index (χ1n) is 3.55. The highest BCUT2D eigenvalue weighted by atomic mass is 79.9. The van der Waals surface area contributed by atoms with E-state index in [1.165, 1.54) is 11.5 Å². The van der Waals surface area contributed by atoms with Crippen molar-refractivity contribution in [2.45, 2.75) is 0 Å². The summed E-state index contributed by atoms with van der Waals surface area (Å²) in [7, 11) is 1.84. The van der Waals surface area contributed by atoms with Crippen molar-refractivity contribution in [3.05, 3.63) is 15.9 Å². The molecule has 0 saturated heterocycles. The van der Waals surface area contributed by atoms with E-state index in [9.17, 15) is 0 Å². The summed E-state index contributed by atoms with van der Waals surface area (Å²) in [5, 5.41) is 5.83. The third kappa shape index (κ3) is 1.90. The average molecular weight is 276 g/mol. The lowest BCUT2D eigenvalue weighted by molar-refractivity contribution is 1.32. The Hall–Kier alpha value is -0.460. The van der Waals surface area contributed by atoms with E-state index >= 15 is 0 Å². The van der Waals surface area contributed by atoms with E-state index < -0.39 is 0 Å². The molecule has 3 nitrogen and oxygen atoms in total. The molecule has 0 atom stereocenters. The molecule has 2 rings (SSSR count). The molecule has 0 aliphatic carbocycles. The summed E-state index contributed by atoms with van der Waals surface area (Å²) in [4.78, 5) is 5.39. The summed E-state index contributed by atoms with van der Waals surface area (Å²) < 4.78 is 5.31.